The second-order valence-electron chi connectivity index (χ2n) is 7.40. The first-order chi connectivity index (χ1) is 15.6. The van der Waals surface area contributed by atoms with E-state index >= 15 is 0 Å². The number of esters is 1. The van der Waals surface area contributed by atoms with E-state index < -0.39 is 5.97 Å². The zero-order valence-electron chi connectivity index (χ0n) is 18.1. The summed E-state index contributed by atoms with van der Waals surface area (Å²) in [5.41, 5.74) is 4.45. The lowest BCUT2D eigenvalue weighted by molar-refractivity contribution is -0.138. The number of hydrogen-bond donors (Lipinski definition) is 1. The number of aryl methyl sites for hydroxylation is 1. The molecule has 2 aromatic rings. The fraction of sp³-hybridized carbons (Fsp3) is 0.240. The van der Waals surface area contributed by atoms with Crippen molar-refractivity contribution in [3.05, 3.63) is 76.5 Å². The molecule has 1 aliphatic heterocycles. The summed E-state index contributed by atoms with van der Waals surface area (Å²) in [5.74, 6) is 0.136. The second kappa shape index (κ2) is 9.62. The normalized spacial score (nSPS) is 16.5. The first-order valence-corrected chi connectivity index (χ1v) is 10.6. The smallest absolute Gasteiger partial charge is 0.341 e. The first-order valence-electron chi connectivity index (χ1n) is 10.6. The van der Waals surface area contributed by atoms with Gasteiger partial charge in [-0.15, -0.1) is 0 Å². The van der Waals surface area contributed by atoms with Crippen molar-refractivity contribution in [1.82, 2.24) is 5.06 Å². The lowest BCUT2D eigenvalue weighted by atomic mass is 10.0. The highest BCUT2D eigenvalue weighted by molar-refractivity contribution is 6.21. The summed E-state index contributed by atoms with van der Waals surface area (Å²) in [4.78, 5) is 21.2. The molecule has 0 fully saturated rings. The van der Waals surface area contributed by atoms with Crippen molar-refractivity contribution >= 4 is 29.8 Å². The molecule has 0 radical (unpaired) electrons. The van der Waals surface area contributed by atoms with Crippen LogP contribution in [0.5, 0.6) is 5.75 Å². The van der Waals surface area contributed by atoms with Gasteiger partial charge in [-0.25, -0.2) is 14.8 Å². The highest BCUT2D eigenvalue weighted by atomic mass is 16.5. The molecular weight excluding hydrogens is 406 g/mol. The first kappa shape index (κ1) is 21.5. The molecule has 2 aromatic carbocycles. The number of nitrogens with zero attached hydrogens (tertiary/aromatic N) is 3. The molecule has 4 rings (SSSR count). The summed E-state index contributed by atoms with van der Waals surface area (Å²) < 4.78 is 11.3. The molecule has 7 heteroatoms. The van der Waals surface area contributed by atoms with Gasteiger partial charge in [0.25, 0.3) is 0 Å². The molecule has 1 heterocycles. The number of allylic oxidation sites excluding steroid dienone is 1. The van der Waals surface area contributed by atoms with Gasteiger partial charge in [0.05, 0.1) is 36.4 Å². The average Bonchev–Trinajstić information content (AvgIpc) is 3.43. The molecule has 1 N–H and O–H groups in total. The molecule has 32 heavy (non-hydrogen) atoms. The number of ether oxygens (including phenoxy) is 2. The van der Waals surface area contributed by atoms with Crippen LogP contribution in [0.1, 0.15) is 30.0 Å². The minimum Gasteiger partial charge on any atom is -0.494 e. The summed E-state index contributed by atoms with van der Waals surface area (Å²) in [6.45, 7) is 2.51. The summed E-state index contributed by atoms with van der Waals surface area (Å²) in [6.07, 6.45) is 4.82. The van der Waals surface area contributed by atoms with E-state index in [4.69, 9.17) is 9.47 Å². The quantitative estimate of drug-likeness (QED) is 0.386. The number of carbonyl (C=O) groups excluding carboxylic acids is 1. The summed E-state index contributed by atoms with van der Waals surface area (Å²) in [6, 6.07) is 15.8. The summed E-state index contributed by atoms with van der Waals surface area (Å²) >= 11 is 0. The van der Waals surface area contributed by atoms with Gasteiger partial charge < -0.3 is 9.47 Å². The Bertz CT molecular complexity index is 1120. The maximum atomic E-state index is 12.8. The number of hydrogen-bond acceptors (Lipinski definition) is 7. The number of fused-ring (bicyclic) bond motifs is 1. The van der Waals surface area contributed by atoms with Crippen LogP contribution in [0, 0.1) is 0 Å². The van der Waals surface area contributed by atoms with Crippen LogP contribution in [0.3, 0.4) is 0 Å². The fourth-order valence-electron chi connectivity index (χ4n) is 3.89. The third kappa shape index (κ3) is 4.33. The van der Waals surface area contributed by atoms with E-state index in [1.165, 1.54) is 18.9 Å². The van der Waals surface area contributed by atoms with Gasteiger partial charge in [-0.3, -0.25) is 10.3 Å². The molecule has 7 nitrogen and oxygen atoms in total. The van der Waals surface area contributed by atoms with Crippen LogP contribution in [0.4, 0.5) is 0 Å². The van der Waals surface area contributed by atoms with Crippen molar-refractivity contribution in [1.29, 1.82) is 0 Å². The van der Waals surface area contributed by atoms with Crippen LogP contribution in [0.15, 0.2) is 69.8 Å². The van der Waals surface area contributed by atoms with Gasteiger partial charge >= 0.3 is 5.97 Å². The SMILES string of the molecule is CCOC(=O)C1=C(N(C)O)c2cc(OCCCc3ccccc3)ccc2/C1=C1/C=NC=N1. The van der Waals surface area contributed by atoms with Crippen LogP contribution in [0.25, 0.3) is 11.3 Å². The Hall–Kier alpha value is -3.71. The maximum Gasteiger partial charge on any atom is 0.341 e. The monoisotopic (exact) mass is 431 g/mol. The molecule has 0 aromatic heterocycles. The van der Waals surface area contributed by atoms with E-state index in [1.807, 2.05) is 36.4 Å². The highest BCUT2D eigenvalue weighted by Gasteiger charge is 2.36. The zero-order valence-corrected chi connectivity index (χ0v) is 18.1. The van der Waals surface area contributed by atoms with Gasteiger partial charge in [0.2, 0.25) is 0 Å². The number of hydroxylamine groups is 2. The van der Waals surface area contributed by atoms with E-state index in [1.54, 1.807) is 13.1 Å². The topological polar surface area (TPSA) is 83.7 Å². The zero-order chi connectivity index (χ0) is 22.5. The third-order valence-electron chi connectivity index (χ3n) is 5.24. The maximum absolute atomic E-state index is 12.8. The largest absolute Gasteiger partial charge is 0.494 e. The van der Waals surface area contributed by atoms with Gasteiger partial charge in [0.15, 0.2) is 0 Å². The number of benzene rings is 2. The summed E-state index contributed by atoms with van der Waals surface area (Å²) in [7, 11) is 1.48. The van der Waals surface area contributed by atoms with E-state index in [0.29, 0.717) is 34.9 Å². The van der Waals surface area contributed by atoms with Crippen LogP contribution in [0.2, 0.25) is 0 Å². The number of carbonyl (C=O) groups is 1. The van der Waals surface area contributed by atoms with Crippen molar-refractivity contribution in [3.63, 3.8) is 0 Å². The Morgan fingerprint density at radius 2 is 1.94 bits per heavy atom. The molecule has 0 atom stereocenters. The number of rotatable bonds is 8. The molecule has 2 aliphatic rings. The Labute approximate surface area is 187 Å². The lowest BCUT2D eigenvalue weighted by Crippen LogP contribution is -2.16. The average molecular weight is 431 g/mol. The van der Waals surface area contributed by atoms with Crippen molar-refractivity contribution in [3.8, 4) is 5.75 Å². The van der Waals surface area contributed by atoms with E-state index in [9.17, 15) is 10.0 Å². The molecule has 0 saturated carbocycles. The van der Waals surface area contributed by atoms with Gasteiger partial charge in [-0.1, -0.05) is 30.3 Å². The lowest BCUT2D eigenvalue weighted by Gasteiger charge is -2.16. The van der Waals surface area contributed by atoms with Crippen LogP contribution in [-0.2, 0) is 16.0 Å². The fourth-order valence-corrected chi connectivity index (χ4v) is 3.89. The number of aliphatic imine (C=N–C) groups is 2. The van der Waals surface area contributed by atoms with Crippen molar-refractivity contribution < 1.29 is 19.5 Å². The molecule has 0 amide bonds. The van der Waals surface area contributed by atoms with Gasteiger partial charge in [-0.05, 0) is 49.1 Å². The van der Waals surface area contributed by atoms with Gasteiger partial charge in [0.1, 0.15) is 12.1 Å². The second-order valence-corrected chi connectivity index (χ2v) is 7.40. The molecule has 1 aliphatic carbocycles. The van der Waals surface area contributed by atoms with Gasteiger partial charge in [-0.2, -0.15) is 0 Å². The Balaban J connectivity index is 1.63. The molecule has 0 saturated heterocycles. The highest BCUT2D eigenvalue weighted by Crippen LogP contribution is 2.45. The molecule has 0 unspecified atom stereocenters. The third-order valence-corrected chi connectivity index (χ3v) is 5.24. The molecular formula is C25H25N3O4. The Morgan fingerprint density at radius 1 is 1.12 bits per heavy atom. The van der Waals surface area contributed by atoms with Gasteiger partial charge in [0, 0.05) is 18.2 Å². The molecule has 164 valence electrons. The van der Waals surface area contributed by atoms with E-state index in [0.717, 1.165) is 23.5 Å². The van der Waals surface area contributed by atoms with Crippen LogP contribution in [-0.4, -0.2) is 49.1 Å². The minimum absolute atomic E-state index is 0.219. The predicted molar refractivity (Wildman–Crippen MR) is 124 cm³/mol. The summed E-state index contributed by atoms with van der Waals surface area (Å²) in [5, 5.41) is 11.3. The van der Waals surface area contributed by atoms with Crippen LogP contribution >= 0.6 is 0 Å². The van der Waals surface area contributed by atoms with Crippen molar-refractivity contribution in [2.24, 2.45) is 9.98 Å². The van der Waals surface area contributed by atoms with Crippen LogP contribution < -0.4 is 4.74 Å². The Morgan fingerprint density at radius 3 is 2.62 bits per heavy atom. The molecule has 0 bridgehead atoms. The van der Waals surface area contributed by atoms with Crippen molar-refractivity contribution in [2.75, 3.05) is 20.3 Å². The van der Waals surface area contributed by atoms with E-state index in [2.05, 4.69) is 22.1 Å². The minimum atomic E-state index is -0.525. The molecule has 0 spiro atoms. The van der Waals surface area contributed by atoms with Crippen molar-refractivity contribution in [2.45, 2.75) is 19.8 Å². The standard InChI is InChI=1S/C25H25N3O4/c1-3-31-25(29)23-22(21-15-26-16-27-21)19-12-11-18(14-20(19)24(23)28(2)30)32-13-7-10-17-8-5-4-6-9-17/h4-6,8-9,11-12,14-16,30H,3,7,10,13H2,1-2H3/b22-21+. The Kier molecular flexibility index (Phi) is 6.47. The predicted octanol–water partition coefficient (Wildman–Crippen LogP) is 4.13. The van der Waals surface area contributed by atoms with E-state index in [-0.39, 0.29) is 12.2 Å².